The summed E-state index contributed by atoms with van der Waals surface area (Å²) in [6.07, 6.45) is 6.29. The van der Waals surface area contributed by atoms with Crippen LogP contribution in [0.2, 0.25) is 0 Å². The maximum Gasteiger partial charge on any atom is 0.161 e. The Morgan fingerprint density at radius 1 is 1.14 bits per heavy atom. The van der Waals surface area contributed by atoms with Crippen LogP contribution in [0.4, 0.5) is 0 Å². The third kappa shape index (κ3) is 7.03. The molecule has 2 N–H and O–H groups in total. The van der Waals surface area contributed by atoms with Crippen LogP contribution in [-0.4, -0.2) is 71.6 Å². The topological polar surface area (TPSA) is 73.8 Å². The van der Waals surface area contributed by atoms with E-state index in [9.17, 15) is 5.11 Å². The lowest BCUT2D eigenvalue weighted by molar-refractivity contribution is 0.0683. The van der Waals surface area contributed by atoms with Gasteiger partial charge >= 0.3 is 0 Å². The molecular weight excluding hydrogens is 368 g/mol. The number of rotatable bonds is 10. The summed E-state index contributed by atoms with van der Waals surface area (Å²) in [6.45, 7) is 4.66. The van der Waals surface area contributed by atoms with E-state index in [-0.39, 0.29) is 6.61 Å². The number of aromatic nitrogens is 2. The Labute approximate surface area is 173 Å². The molecule has 0 spiro atoms. The number of H-pyrrole nitrogens is 1. The van der Waals surface area contributed by atoms with Gasteiger partial charge in [0.15, 0.2) is 11.5 Å². The van der Waals surface area contributed by atoms with Crippen LogP contribution in [0.1, 0.15) is 36.9 Å². The Hall–Kier alpha value is -2.09. The highest BCUT2D eigenvalue weighted by Gasteiger charge is 2.15. The lowest BCUT2D eigenvalue weighted by Gasteiger charge is -2.23. The average Bonchev–Trinajstić information content (AvgIpc) is 3.08. The van der Waals surface area contributed by atoms with Crippen molar-refractivity contribution in [3.05, 3.63) is 41.7 Å². The van der Waals surface area contributed by atoms with Crippen LogP contribution < -0.4 is 9.47 Å². The molecule has 3 rings (SSSR count). The monoisotopic (exact) mass is 402 g/mol. The summed E-state index contributed by atoms with van der Waals surface area (Å²) in [7, 11) is 3.71. The SMILES string of the molecule is COc1cc(CN(C)Cc2ccn[nH]2)ccc1OCC(O)CN1CCCCCC1. The van der Waals surface area contributed by atoms with Gasteiger partial charge in [-0.3, -0.25) is 10.00 Å². The zero-order valence-electron chi connectivity index (χ0n) is 17.6. The van der Waals surface area contributed by atoms with Crippen molar-refractivity contribution in [2.75, 3.05) is 40.4 Å². The van der Waals surface area contributed by atoms with Gasteiger partial charge in [0.05, 0.1) is 7.11 Å². The van der Waals surface area contributed by atoms with E-state index in [4.69, 9.17) is 9.47 Å². The maximum atomic E-state index is 10.4. The minimum Gasteiger partial charge on any atom is -0.493 e. The quantitative estimate of drug-likeness (QED) is 0.637. The summed E-state index contributed by atoms with van der Waals surface area (Å²) in [5.74, 6) is 1.36. The molecular formula is C22H34N4O3. The van der Waals surface area contributed by atoms with Crippen molar-refractivity contribution in [3.63, 3.8) is 0 Å². The third-order valence-electron chi connectivity index (χ3n) is 5.28. The molecule has 0 amide bonds. The molecule has 0 saturated carbocycles. The summed E-state index contributed by atoms with van der Waals surface area (Å²) in [5, 5.41) is 17.4. The number of nitrogens with one attached hydrogen (secondary N) is 1. The number of nitrogens with zero attached hydrogens (tertiary/aromatic N) is 3. The van der Waals surface area contributed by atoms with Gasteiger partial charge in [-0.1, -0.05) is 18.9 Å². The molecule has 1 atom stereocenters. The zero-order chi connectivity index (χ0) is 20.5. The third-order valence-corrected chi connectivity index (χ3v) is 5.28. The standard InChI is InChI=1S/C22H34N4O3/c1-25(15-19-9-10-23-24-19)14-18-7-8-21(22(13-18)28-2)29-17-20(27)16-26-11-5-3-4-6-12-26/h7-10,13,20,27H,3-6,11-12,14-17H2,1-2H3,(H,23,24). The van der Waals surface area contributed by atoms with E-state index in [1.807, 2.05) is 24.3 Å². The second-order valence-electron chi connectivity index (χ2n) is 7.92. The first-order valence-electron chi connectivity index (χ1n) is 10.5. The minimum absolute atomic E-state index is 0.270. The van der Waals surface area contributed by atoms with Crippen molar-refractivity contribution in [2.45, 2.75) is 44.9 Å². The number of benzene rings is 1. The Kier molecular flexibility index (Phi) is 8.34. The Morgan fingerprint density at radius 2 is 1.93 bits per heavy atom. The summed E-state index contributed by atoms with van der Waals surface area (Å²) in [5.41, 5.74) is 2.22. The molecule has 0 aliphatic carbocycles. The molecule has 2 aromatic rings. The van der Waals surface area contributed by atoms with Gasteiger partial charge in [-0.2, -0.15) is 5.10 Å². The van der Waals surface area contributed by atoms with E-state index in [2.05, 4.69) is 27.0 Å². The van der Waals surface area contributed by atoms with Crippen LogP contribution >= 0.6 is 0 Å². The molecule has 2 heterocycles. The second kappa shape index (κ2) is 11.2. The number of methoxy groups -OCH3 is 1. The Balaban J connectivity index is 1.50. The van der Waals surface area contributed by atoms with Crippen LogP contribution in [0.15, 0.2) is 30.5 Å². The summed E-state index contributed by atoms with van der Waals surface area (Å²) < 4.78 is 11.4. The van der Waals surface area contributed by atoms with Gasteiger partial charge in [0.1, 0.15) is 12.7 Å². The van der Waals surface area contributed by atoms with E-state index in [1.54, 1.807) is 13.3 Å². The fraction of sp³-hybridized carbons (Fsp3) is 0.591. The van der Waals surface area contributed by atoms with Gasteiger partial charge in [-0.05, 0) is 56.7 Å². The molecule has 1 unspecified atom stereocenters. The fourth-order valence-electron chi connectivity index (χ4n) is 3.82. The first kappa shape index (κ1) is 21.6. The number of hydrogen-bond acceptors (Lipinski definition) is 6. The Bertz CT molecular complexity index is 715. The average molecular weight is 403 g/mol. The molecule has 160 valence electrons. The summed E-state index contributed by atoms with van der Waals surface area (Å²) >= 11 is 0. The number of hydrogen-bond donors (Lipinski definition) is 2. The molecule has 1 aromatic carbocycles. The van der Waals surface area contributed by atoms with Crippen molar-refractivity contribution >= 4 is 0 Å². The fourth-order valence-corrected chi connectivity index (χ4v) is 3.82. The second-order valence-corrected chi connectivity index (χ2v) is 7.92. The maximum absolute atomic E-state index is 10.4. The van der Waals surface area contributed by atoms with Crippen molar-refractivity contribution in [1.82, 2.24) is 20.0 Å². The van der Waals surface area contributed by atoms with Crippen molar-refractivity contribution in [1.29, 1.82) is 0 Å². The molecule has 29 heavy (non-hydrogen) atoms. The normalized spacial score (nSPS) is 16.6. The van der Waals surface area contributed by atoms with Crippen LogP contribution in [0, 0.1) is 0 Å². The largest absolute Gasteiger partial charge is 0.493 e. The number of β-amino-alcohol motifs (C(OH)–C–C–N with tert-alkyl or cyclic N) is 1. The zero-order valence-corrected chi connectivity index (χ0v) is 17.6. The van der Waals surface area contributed by atoms with Crippen LogP contribution in [-0.2, 0) is 13.1 Å². The van der Waals surface area contributed by atoms with Gasteiger partial charge < -0.3 is 19.5 Å². The predicted molar refractivity (Wildman–Crippen MR) is 113 cm³/mol. The number of aromatic amines is 1. The van der Waals surface area contributed by atoms with Crippen molar-refractivity contribution in [2.24, 2.45) is 0 Å². The number of ether oxygens (including phenoxy) is 2. The van der Waals surface area contributed by atoms with E-state index >= 15 is 0 Å². The number of aliphatic hydroxyl groups excluding tert-OH is 1. The van der Waals surface area contributed by atoms with Gasteiger partial charge in [0.25, 0.3) is 0 Å². The smallest absolute Gasteiger partial charge is 0.161 e. The van der Waals surface area contributed by atoms with Gasteiger partial charge in [0, 0.05) is 31.5 Å². The molecule has 1 aliphatic heterocycles. The van der Waals surface area contributed by atoms with Gasteiger partial charge in [0.2, 0.25) is 0 Å². The first-order valence-corrected chi connectivity index (χ1v) is 10.5. The molecule has 1 saturated heterocycles. The Morgan fingerprint density at radius 3 is 2.62 bits per heavy atom. The van der Waals surface area contributed by atoms with Crippen LogP contribution in [0.25, 0.3) is 0 Å². The van der Waals surface area contributed by atoms with Crippen LogP contribution in [0.5, 0.6) is 11.5 Å². The summed E-state index contributed by atoms with van der Waals surface area (Å²) in [4.78, 5) is 4.55. The predicted octanol–water partition coefficient (Wildman–Crippen LogP) is 2.67. The molecule has 0 bridgehead atoms. The first-order chi connectivity index (χ1) is 14.1. The molecule has 7 heteroatoms. The van der Waals surface area contributed by atoms with E-state index in [0.29, 0.717) is 18.0 Å². The van der Waals surface area contributed by atoms with E-state index in [1.165, 1.54) is 25.7 Å². The molecule has 1 aliphatic rings. The minimum atomic E-state index is -0.502. The number of likely N-dealkylation sites (tertiary alicyclic amines) is 1. The highest BCUT2D eigenvalue weighted by Crippen LogP contribution is 2.29. The lowest BCUT2D eigenvalue weighted by atomic mass is 10.2. The molecule has 0 radical (unpaired) electrons. The van der Waals surface area contributed by atoms with E-state index in [0.717, 1.165) is 37.4 Å². The highest BCUT2D eigenvalue weighted by atomic mass is 16.5. The van der Waals surface area contributed by atoms with Crippen molar-refractivity contribution in [3.8, 4) is 11.5 Å². The van der Waals surface area contributed by atoms with Crippen molar-refractivity contribution < 1.29 is 14.6 Å². The van der Waals surface area contributed by atoms with Gasteiger partial charge in [-0.15, -0.1) is 0 Å². The number of aliphatic hydroxyl groups is 1. The van der Waals surface area contributed by atoms with E-state index < -0.39 is 6.10 Å². The van der Waals surface area contributed by atoms with Crippen LogP contribution in [0.3, 0.4) is 0 Å². The highest BCUT2D eigenvalue weighted by molar-refractivity contribution is 5.43. The summed E-state index contributed by atoms with van der Waals surface area (Å²) in [6, 6.07) is 7.95. The molecule has 1 fully saturated rings. The molecule has 1 aromatic heterocycles. The lowest BCUT2D eigenvalue weighted by Crippen LogP contribution is -2.36. The molecule has 7 nitrogen and oxygen atoms in total. The van der Waals surface area contributed by atoms with Gasteiger partial charge in [-0.25, -0.2) is 0 Å².